The zero-order valence-corrected chi connectivity index (χ0v) is 7.05. The zero-order chi connectivity index (χ0) is 10.6. The van der Waals surface area contributed by atoms with Crippen molar-refractivity contribution >= 4 is 19.6 Å². The molecule has 0 unspecified atom stereocenters. The summed E-state index contributed by atoms with van der Waals surface area (Å²) in [7, 11) is -4.81. The topological polar surface area (TPSA) is 141 Å². The van der Waals surface area contributed by atoms with E-state index in [2.05, 4.69) is 4.52 Å². The van der Waals surface area contributed by atoms with E-state index in [1.807, 2.05) is 0 Å². The van der Waals surface area contributed by atoms with E-state index in [9.17, 15) is 14.2 Å². The summed E-state index contributed by atoms with van der Waals surface area (Å²) in [6.45, 7) is -1.16. The molecule has 0 spiro atoms. The molecule has 4 N–H and O–H groups in total. The van der Waals surface area contributed by atoms with Crippen LogP contribution in [0.5, 0.6) is 0 Å². The van der Waals surface area contributed by atoms with Crippen LogP contribution in [0.25, 0.3) is 0 Å². The predicted molar refractivity (Wildman–Crippen MR) is 36.6 cm³/mol. The third-order valence-electron chi connectivity index (χ3n) is 0.914. The Bertz CT molecular complexity index is 253. The minimum Gasteiger partial charge on any atom is -0.479 e. The molecule has 0 heterocycles. The van der Waals surface area contributed by atoms with Crippen molar-refractivity contribution < 1.29 is 38.7 Å². The molecule has 0 radical (unpaired) electrons. The second-order valence-corrected chi connectivity index (χ2v) is 3.21. The lowest BCUT2D eigenvalue weighted by Gasteiger charge is -2.05. The van der Waals surface area contributed by atoms with Gasteiger partial charge in [0.1, 0.15) is 6.61 Å². The van der Waals surface area contributed by atoms with Crippen molar-refractivity contribution in [2.45, 2.75) is 6.10 Å². The summed E-state index contributed by atoms with van der Waals surface area (Å²) in [5, 5.41) is 16.6. The van der Waals surface area contributed by atoms with E-state index in [4.69, 9.17) is 20.0 Å². The molecule has 8 nitrogen and oxygen atoms in total. The van der Waals surface area contributed by atoms with Gasteiger partial charge in [-0.3, -0.25) is 9.32 Å². The van der Waals surface area contributed by atoms with Crippen LogP contribution >= 0.6 is 7.82 Å². The Morgan fingerprint density at radius 3 is 2.15 bits per heavy atom. The number of hydrogen-bond acceptors (Lipinski definition) is 5. The van der Waals surface area contributed by atoms with Crippen molar-refractivity contribution in [1.29, 1.82) is 0 Å². The zero-order valence-electron chi connectivity index (χ0n) is 6.15. The van der Waals surface area contributed by atoms with Gasteiger partial charge in [-0.15, -0.1) is 0 Å². The SMILES string of the molecule is O=C(O)[C@@H](O)C(=O)COP(=O)(O)O. The van der Waals surface area contributed by atoms with E-state index in [0.29, 0.717) is 0 Å². The number of phosphoric ester groups is 1. The number of carbonyl (C=O) groups is 2. The number of aliphatic carboxylic acids is 1. The maximum atomic E-state index is 10.5. The van der Waals surface area contributed by atoms with Gasteiger partial charge in [0.05, 0.1) is 0 Å². The minimum atomic E-state index is -4.81. The second-order valence-electron chi connectivity index (χ2n) is 1.97. The molecule has 0 bridgehead atoms. The molecule has 0 aromatic carbocycles. The molecule has 0 fully saturated rings. The minimum absolute atomic E-state index is 1.16. The molecule has 1 atom stereocenters. The smallest absolute Gasteiger partial charge is 0.470 e. The van der Waals surface area contributed by atoms with E-state index in [1.54, 1.807) is 0 Å². The van der Waals surface area contributed by atoms with Gasteiger partial charge in [0, 0.05) is 0 Å². The normalized spacial score (nSPS) is 13.8. The van der Waals surface area contributed by atoms with E-state index < -0.39 is 32.3 Å². The summed E-state index contributed by atoms with van der Waals surface area (Å²) < 4.78 is 13.7. The first-order valence-electron chi connectivity index (χ1n) is 2.87. The number of carboxylic acids is 1. The molecule has 0 aliphatic carbocycles. The van der Waals surface area contributed by atoms with Gasteiger partial charge in [0.2, 0.25) is 6.10 Å². The van der Waals surface area contributed by atoms with Crippen LogP contribution in [0.3, 0.4) is 0 Å². The molecule has 13 heavy (non-hydrogen) atoms. The summed E-state index contributed by atoms with van der Waals surface area (Å²) in [5.41, 5.74) is 0. The molecule has 0 aromatic rings. The van der Waals surface area contributed by atoms with Crippen LogP contribution in [-0.4, -0.2) is 44.5 Å². The third kappa shape index (κ3) is 5.45. The van der Waals surface area contributed by atoms with Gasteiger partial charge in [-0.1, -0.05) is 0 Å². The Labute approximate surface area is 72.0 Å². The summed E-state index contributed by atoms with van der Waals surface area (Å²) in [6, 6.07) is 0. The van der Waals surface area contributed by atoms with Crippen LogP contribution in [0.1, 0.15) is 0 Å². The molecule has 0 aromatic heterocycles. The van der Waals surface area contributed by atoms with Gasteiger partial charge < -0.3 is 20.0 Å². The second kappa shape index (κ2) is 4.45. The van der Waals surface area contributed by atoms with Crippen LogP contribution in [0.4, 0.5) is 0 Å². The number of carboxylic acid groups (broad SMARTS) is 1. The van der Waals surface area contributed by atoms with Crippen molar-refractivity contribution in [2.75, 3.05) is 6.61 Å². The number of aliphatic hydroxyl groups is 1. The Balaban J connectivity index is 4.03. The van der Waals surface area contributed by atoms with Gasteiger partial charge >= 0.3 is 13.8 Å². The number of carbonyl (C=O) groups excluding carboxylic acids is 1. The Morgan fingerprint density at radius 1 is 1.38 bits per heavy atom. The molecule has 0 saturated carbocycles. The van der Waals surface area contributed by atoms with Crippen molar-refractivity contribution in [3.63, 3.8) is 0 Å². The molecular formula is C4H7O8P. The van der Waals surface area contributed by atoms with Crippen LogP contribution in [-0.2, 0) is 18.7 Å². The fourth-order valence-electron chi connectivity index (χ4n) is 0.364. The Morgan fingerprint density at radius 2 is 1.85 bits per heavy atom. The van der Waals surface area contributed by atoms with Crippen molar-refractivity contribution in [1.82, 2.24) is 0 Å². The Kier molecular flexibility index (Phi) is 4.18. The highest BCUT2D eigenvalue weighted by Gasteiger charge is 2.25. The standard InChI is InChI=1S/C4H7O8P/c5-2(3(6)4(7)8)1-12-13(9,10)11/h3,6H,1H2,(H,7,8)(H2,9,10,11)/t3-/m0/s1. The van der Waals surface area contributed by atoms with E-state index in [1.165, 1.54) is 0 Å². The average molecular weight is 214 g/mol. The first-order chi connectivity index (χ1) is 5.74. The molecule has 9 heteroatoms. The number of ketones is 1. The lowest BCUT2D eigenvalue weighted by Crippen LogP contribution is -2.32. The van der Waals surface area contributed by atoms with E-state index >= 15 is 0 Å². The highest BCUT2D eigenvalue weighted by atomic mass is 31.2. The summed E-state index contributed by atoms with van der Waals surface area (Å²) in [6.07, 6.45) is -2.33. The number of phosphoric acid groups is 1. The average Bonchev–Trinajstić information content (AvgIpc) is 1.97. The van der Waals surface area contributed by atoms with Crippen LogP contribution < -0.4 is 0 Å². The van der Waals surface area contributed by atoms with Crippen LogP contribution in [0.2, 0.25) is 0 Å². The van der Waals surface area contributed by atoms with Gasteiger partial charge in [-0.25, -0.2) is 9.36 Å². The number of rotatable bonds is 5. The van der Waals surface area contributed by atoms with Gasteiger partial charge in [-0.2, -0.15) is 0 Å². The van der Waals surface area contributed by atoms with Crippen LogP contribution in [0.15, 0.2) is 0 Å². The number of aliphatic hydroxyl groups excluding tert-OH is 1. The Hall–Kier alpha value is -0.790. The summed E-state index contributed by atoms with van der Waals surface area (Å²) in [4.78, 5) is 36.7. The van der Waals surface area contributed by atoms with Crippen molar-refractivity contribution in [3.8, 4) is 0 Å². The largest absolute Gasteiger partial charge is 0.479 e. The van der Waals surface area contributed by atoms with Gasteiger partial charge in [-0.05, 0) is 0 Å². The highest BCUT2D eigenvalue weighted by Crippen LogP contribution is 2.35. The van der Waals surface area contributed by atoms with Gasteiger partial charge in [0.15, 0.2) is 5.78 Å². The fraction of sp³-hybridized carbons (Fsp3) is 0.500. The molecule has 0 saturated heterocycles. The maximum Gasteiger partial charge on any atom is 0.470 e. The summed E-state index contributed by atoms with van der Waals surface area (Å²) >= 11 is 0. The van der Waals surface area contributed by atoms with Crippen molar-refractivity contribution in [3.05, 3.63) is 0 Å². The number of Topliss-reactive ketones (excluding diaryl/α,β-unsaturated/α-hetero) is 1. The highest BCUT2D eigenvalue weighted by molar-refractivity contribution is 7.46. The lowest BCUT2D eigenvalue weighted by molar-refractivity contribution is -0.153. The molecule has 0 rings (SSSR count). The first-order valence-corrected chi connectivity index (χ1v) is 4.41. The molecule has 0 aliphatic heterocycles. The quantitative estimate of drug-likeness (QED) is 0.307. The molecular weight excluding hydrogens is 207 g/mol. The van der Waals surface area contributed by atoms with Crippen molar-refractivity contribution in [2.24, 2.45) is 0 Å². The fourth-order valence-corrected chi connectivity index (χ4v) is 0.660. The number of hydrogen-bond donors (Lipinski definition) is 4. The van der Waals surface area contributed by atoms with Gasteiger partial charge in [0.25, 0.3) is 0 Å². The maximum absolute atomic E-state index is 10.5. The third-order valence-corrected chi connectivity index (χ3v) is 1.38. The monoisotopic (exact) mass is 214 g/mol. The van der Waals surface area contributed by atoms with E-state index in [0.717, 1.165) is 0 Å². The lowest BCUT2D eigenvalue weighted by atomic mass is 10.2. The molecule has 76 valence electrons. The summed E-state index contributed by atoms with van der Waals surface area (Å²) in [5.74, 6) is -3.14. The van der Waals surface area contributed by atoms with E-state index in [-0.39, 0.29) is 0 Å². The first kappa shape index (κ1) is 12.2. The molecule has 0 aliphatic rings. The predicted octanol–water partition coefficient (Wildman–Crippen LogP) is -1.89. The molecule has 0 amide bonds. The van der Waals surface area contributed by atoms with Crippen LogP contribution in [0, 0.1) is 0 Å².